The molecule has 2 aromatic rings. The summed E-state index contributed by atoms with van der Waals surface area (Å²) in [6.45, 7) is 2.09. The largest absolute Gasteiger partial charge is 0.325 e. The standard InChI is InChI=1S/C17H20FN/c1-2-17(19,12-14-7-4-3-5-8-14)13-15-9-6-10-16(18)11-15/h3-11H,2,12-13,19H2,1H3. The lowest BCUT2D eigenvalue weighted by Gasteiger charge is -2.28. The molecule has 2 rings (SSSR count). The fourth-order valence-corrected chi connectivity index (χ4v) is 2.37. The molecule has 1 unspecified atom stereocenters. The average Bonchev–Trinajstić information content (AvgIpc) is 2.40. The molecule has 0 saturated carbocycles. The normalized spacial score (nSPS) is 14.1. The van der Waals surface area contributed by atoms with E-state index in [9.17, 15) is 4.39 Å². The van der Waals surface area contributed by atoms with Gasteiger partial charge in [0.2, 0.25) is 0 Å². The van der Waals surface area contributed by atoms with Crippen molar-refractivity contribution in [1.82, 2.24) is 0 Å². The summed E-state index contributed by atoms with van der Waals surface area (Å²) >= 11 is 0. The Labute approximate surface area is 114 Å². The summed E-state index contributed by atoms with van der Waals surface area (Å²) < 4.78 is 13.2. The molecule has 0 aliphatic rings. The summed E-state index contributed by atoms with van der Waals surface area (Å²) in [7, 11) is 0. The van der Waals surface area contributed by atoms with E-state index in [1.807, 2.05) is 24.3 Å². The molecule has 0 aliphatic carbocycles. The smallest absolute Gasteiger partial charge is 0.123 e. The highest BCUT2D eigenvalue weighted by Gasteiger charge is 2.23. The van der Waals surface area contributed by atoms with Gasteiger partial charge in [-0.1, -0.05) is 49.4 Å². The van der Waals surface area contributed by atoms with Crippen LogP contribution in [0.5, 0.6) is 0 Å². The molecular weight excluding hydrogens is 237 g/mol. The molecule has 0 aliphatic heterocycles. The van der Waals surface area contributed by atoms with Gasteiger partial charge in [0.15, 0.2) is 0 Å². The molecule has 0 heterocycles. The fourth-order valence-electron chi connectivity index (χ4n) is 2.37. The van der Waals surface area contributed by atoms with E-state index < -0.39 is 0 Å². The maximum atomic E-state index is 13.2. The van der Waals surface area contributed by atoms with Gasteiger partial charge in [-0.2, -0.15) is 0 Å². The summed E-state index contributed by atoms with van der Waals surface area (Å²) in [6, 6.07) is 16.9. The second-order valence-corrected chi connectivity index (χ2v) is 5.18. The lowest BCUT2D eigenvalue weighted by Crippen LogP contribution is -2.43. The van der Waals surface area contributed by atoms with Crippen molar-refractivity contribution in [3.05, 3.63) is 71.5 Å². The molecule has 0 bridgehead atoms. The lowest BCUT2D eigenvalue weighted by molar-refractivity contribution is 0.403. The molecule has 1 atom stereocenters. The van der Waals surface area contributed by atoms with Gasteiger partial charge in [-0.15, -0.1) is 0 Å². The maximum absolute atomic E-state index is 13.2. The number of hydrogen-bond acceptors (Lipinski definition) is 1. The Bertz CT molecular complexity index is 524. The highest BCUT2D eigenvalue weighted by Crippen LogP contribution is 2.20. The van der Waals surface area contributed by atoms with E-state index in [0.717, 1.165) is 18.4 Å². The monoisotopic (exact) mass is 257 g/mol. The summed E-state index contributed by atoms with van der Waals surface area (Å²) in [5.41, 5.74) is 8.35. The van der Waals surface area contributed by atoms with E-state index in [4.69, 9.17) is 5.73 Å². The van der Waals surface area contributed by atoms with Crippen molar-refractivity contribution in [2.45, 2.75) is 31.7 Å². The zero-order valence-corrected chi connectivity index (χ0v) is 11.3. The van der Waals surface area contributed by atoms with Crippen LogP contribution in [0.3, 0.4) is 0 Å². The van der Waals surface area contributed by atoms with Crippen molar-refractivity contribution in [2.24, 2.45) is 5.73 Å². The third-order valence-corrected chi connectivity index (χ3v) is 3.55. The minimum absolute atomic E-state index is 0.198. The van der Waals surface area contributed by atoms with Gasteiger partial charge in [-0.25, -0.2) is 4.39 Å². The van der Waals surface area contributed by atoms with Gasteiger partial charge in [0.1, 0.15) is 5.82 Å². The van der Waals surface area contributed by atoms with Crippen LogP contribution >= 0.6 is 0 Å². The fraction of sp³-hybridized carbons (Fsp3) is 0.294. The van der Waals surface area contributed by atoms with Gasteiger partial charge >= 0.3 is 0 Å². The zero-order valence-electron chi connectivity index (χ0n) is 11.3. The van der Waals surface area contributed by atoms with Crippen LogP contribution in [-0.4, -0.2) is 5.54 Å². The van der Waals surface area contributed by atoms with Crippen molar-refractivity contribution in [1.29, 1.82) is 0 Å². The molecule has 0 spiro atoms. The van der Waals surface area contributed by atoms with Gasteiger partial charge in [-0.3, -0.25) is 0 Å². The average molecular weight is 257 g/mol. The number of halogens is 1. The SMILES string of the molecule is CCC(N)(Cc1ccccc1)Cc1cccc(F)c1. The number of rotatable bonds is 5. The molecule has 2 heteroatoms. The Morgan fingerprint density at radius 3 is 2.21 bits per heavy atom. The van der Waals surface area contributed by atoms with E-state index in [0.29, 0.717) is 6.42 Å². The molecule has 0 amide bonds. The van der Waals surface area contributed by atoms with Crippen LogP contribution in [-0.2, 0) is 12.8 Å². The Hall–Kier alpha value is -1.67. The molecule has 0 fully saturated rings. The van der Waals surface area contributed by atoms with Crippen molar-refractivity contribution >= 4 is 0 Å². The highest BCUT2D eigenvalue weighted by atomic mass is 19.1. The van der Waals surface area contributed by atoms with E-state index in [1.165, 1.54) is 11.6 Å². The Morgan fingerprint density at radius 2 is 1.58 bits per heavy atom. The minimum atomic E-state index is -0.324. The van der Waals surface area contributed by atoms with Gasteiger partial charge < -0.3 is 5.73 Å². The summed E-state index contributed by atoms with van der Waals surface area (Å²) in [6.07, 6.45) is 2.36. The van der Waals surface area contributed by atoms with Crippen LogP contribution in [0.25, 0.3) is 0 Å². The third kappa shape index (κ3) is 3.90. The molecule has 0 saturated heterocycles. The lowest BCUT2D eigenvalue weighted by atomic mass is 9.83. The van der Waals surface area contributed by atoms with Gasteiger partial charge in [-0.05, 0) is 42.5 Å². The highest BCUT2D eigenvalue weighted by molar-refractivity contribution is 5.22. The van der Waals surface area contributed by atoms with Crippen molar-refractivity contribution in [3.63, 3.8) is 0 Å². The molecular formula is C17H20FN. The first kappa shape index (κ1) is 13.8. The summed E-state index contributed by atoms with van der Waals surface area (Å²) in [4.78, 5) is 0. The minimum Gasteiger partial charge on any atom is -0.325 e. The van der Waals surface area contributed by atoms with Crippen LogP contribution in [0, 0.1) is 5.82 Å². The maximum Gasteiger partial charge on any atom is 0.123 e. The summed E-state index contributed by atoms with van der Waals surface area (Å²) in [5.74, 6) is -0.198. The van der Waals surface area contributed by atoms with Crippen molar-refractivity contribution < 1.29 is 4.39 Å². The van der Waals surface area contributed by atoms with E-state index >= 15 is 0 Å². The Morgan fingerprint density at radius 1 is 0.947 bits per heavy atom. The van der Waals surface area contributed by atoms with Crippen LogP contribution < -0.4 is 5.73 Å². The first-order valence-corrected chi connectivity index (χ1v) is 6.68. The molecule has 0 radical (unpaired) electrons. The molecule has 19 heavy (non-hydrogen) atoms. The number of benzene rings is 2. The Kier molecular flexibility index (Phi) is 4.33. The quantitative estimate of drug-likeness (QED) is 0.868. The molecule has 2 aromatic carbocycles. The third-order valence-electron chi connectivity index (χ3n) is 3.55. The van der Waals surface area contributed by atoms with Crippen molar-refractivity contribution in [3.8, 4) is 0 Å². The first-order valence-electron chi connectivity index (χ1n) is 6.68. The van der Waals surface area contributed by atoms with Crippen LogP contribution in [0.2, 0.25) is 0 Å². The topological polar surface area (TPSA) is 26.0 Å². The predicted molar refractivity (Wildman–Crippen MR) is 77.5 cm³/mol. The molecule has 0 aromatic heterocycles. The van der Waals surface area contributed by atoms with Gasteiger partial charge in [0.05, 0.1) is 0 Å². The number of nitrogens with two attached hydrogens (primary N) is 1. The predicted octanol–water partition coefficient (Wildman–Crippen LogP) is 3.72. The summed E-state index contributed by atoms with van der Waals surface area (Å²) in [5, 5.41) is 0. The van der Waals surface area contributed by atoms with Crippen LogP contribution in [0.4, 0.5) is 4.39 Å². The molecule has 2 N–H and O–H groups in total. The molecule has 1 nitrogen and oxygen atoms in total. The van der Waals surface area contributed by atoms with E-state index in [1.54, 1.807) is 12.1 Å². The number of hydrogen-bond donors (Lipinski definition) is 1. The molecule has 100 valence electrons. The zero-order chi connectivity index (χ0) is 13.7. The second kappa shape index (κ2) is 5.98. The van der Waals surface area contributed by atoms with E-state index in [2.05, 4.69) is 19.1 Å². The second-order valence-electron chi connectivity index (χ2n) is 5.18. The Balaban J connectivity index is 2.14. The van der Waals surface area contributed by atoms with Gasteiger partial charge in [0.25, 0.3) is 0 Å². The van der Waals surface area contributed by atoms with Crippen LogP contribution in [0.15, 0.2) is 54.6 Å². The first-order chi connectivity index (χ1) is 9.11. The van der Waals surface area contributed by atoms with Crippen molar-refractivity contribution in [2.75, 3.05) is 0 Å². The van der Waals surface area contributed by atoms with E-state index in [-0.39, 0.29) is 11.4 Å². The van der Waals surface area contributed by atoms with Gasteiger partial charge in [0, 0.05) is 5.54 Å². The van der Waals surface area contributed by atoms with Crippen LogP contribution in [0.1, 0.15) is 24.5 Å².